The van der Waals surface area contributed by atoms with E-state index >= 15 is 0 Å². The number of hydrogen-bond donors (Lipinski definition) is 1. The van der Waals surface area contributed by atoms with Gasteiger partial charge in [-0.05, 0) is 37.6 Å². The Kier molecular flexibility index (Phi) is 5.24. The van der Waals surface area contributed by atoms with Gasteiger partial charge >= 0.3 is 6.18 Å². The maximum absolute atomic E-state index is 14.0. The molecule has 0 fully saturated rings. The molecule has 25 heavy (non-hydrogen) atoms. The number of hydrogen-bond acceptors (Lipinski definition) is 3. The van der Waals surface area contributed by atoms with Gasteiger partial charge in [0.15, 0.2) is 6.10 Å². The van der Waals surface area contributed by atoms with Crippen LogP contribution in [0.5, 0.6) is 5.88 Å². The predicted octanol–water partition coefficient (Wildman–Crippen LogP) is 4.25. The minimum Gasteiger partial charge on any atom is -0.464 e. The van der Waals surface area contributed by atoms with Gasteiger partial charge in [-0.3, -0.25) is 4.79 Å². The van der Waals surface area contributed by atoms with Gasteiger partial charge in [-0.1, -0.05) is 6.07 Å². The molecule has 0 aliphatic carbocycles. The van der Waals surface area contributed by atoms with Crippen LogP contribution in [-0.4, -0.2) is 23.2 Å². The third kappa shape index (κ3) is 4.43. The van der Waals surface area contributed by atoms with Gasteiger partial charge in [0.2, 0.25) is 5.88 Å². The topological polar surface area (TPSA) is 51.2 Å². The maximum Gasteiger partial charge on any atom is 0.425 e. The van der Waals surface area contributed by atoms with Crippen molar-refractivity contribution >= 4 is 11.6 Å². The number of pyridine rings is 1. The van der Waals surface area contributed by atoms with E-state index in [0.29, 0.717) is 12.5 Å². The fraction of sp³-hybridized carbons (Fsp3) is 0.250. The van der Waals surface area contributed by atoms with Gasteiger partial charge in [0.05, 0.1) is 5.69 Å². The van der Waals surface area contributed by atoms with Crippen molar-refractivity contribution in [2.24, 2.45) is 0 Å². The van der Waals surface area contributed by atoms with Gasteiger partial charge in [-0.2, -0.15) is 13.2 Å². The lowest BCUT2D eigenvalue weighted by atomic mass is 10.2. The van der Waals surface area contributed by atoms with Crippen molar-refractivity contribution < 1.29 is 31.5 Å². The molecule has 0 bridgehead atoms. The summed E-state index contributed by atoms with van der Waals surface area (Å²) in [4.78, 5) is 15.7. The molecule has 1 atom stereocenters. The van der Waals surface area contributed by atoms with E-state index in [2.05, 4.69) is 15.0 Å². The molecule has 0 saturated heterocycles. The summed E-state index contributed by atoms with van der Waals surface area (Å²) in [6.07, 6.45) is -6.19. The summed E-state index contributed by atoms with van der Waals surface area (Å²) in [6.45, 7) is 2.33. The number of rotatable bonds is 4. The van der Waals surface area contributed by atoms with Crippen LogP contribution in [0.25, 0.3) is 0 Å². The van der Waals surface area contributed by atoms with Crippen LogP contribution in [-0.2, 0) is 0 Å². The van der Waals surface area contributed by atoms with E-state index in [1.54, 1.807) is 6.92 Å². The molecule has 2 aromatic rings. The van der Waals surface area contributed by atoms with Crippen LogP contribution in [0.1, 0.15) is 22.8 Å². The van der Waals surface area contributed by atoms with Crippen molar-refractivity contribution in [2.45, 2.75) is 26.1 Å². The van der Waals surface area contributed by atoms with E-state index in [9.17, 15) is 26.7 Å². The number of alkyl halides is 3. The van der Waals surface area contributed by atoms with Crippen LogP contribution in [0.15, 0.2) is 30.5 Å². The van der Waals surface area contributed by atoms with Crippen molar-refractivity contribution in [3.8, 4) is 5.88 Å². The molecule has 1 aromatic heterocycles. The van der Waals surface area contributed by atoms with Gasteiger partial charge in [0, 0.05) is 6.20 Å². The first-order valence-corrected chi connectivity index (χ1v) is 7.05. The molecule has 1 unspecified atom stereocenters. The lowest BCUT2D eigenvalue weighted by molar-refractivity contribution is -0.190. The molecule has 4 nitrogen and oxygen atoms in total. The van der Waals surface area contributed by atoms with Gasteiger partial charge in [0.25, 0.3) is 5.91 Å². The highest BCUT2D eigenvalue weighted by molar-refractivity contribution is 6.06. The number of nitrogens with zero attached hydrogens (tertiary/aromatic N) is 1. The monoisotopic (exact) mass is 360 g/mol. The molecule has 0 aliphatic rings. The lowest BCUT2D eigenvalue weighted by Gasteiger charge is -2.18. The molecule has 0 spiro atoms. The number of halogens is 5. The summed E-state index contributed by atoms with van der Waals surface area (Å²) in [5, 5.41) is 2.11. The number of aryl methyl sites for hydroxylation is 1. The van der Waals surface area contributed by atoms with Crippen LogP contribution >= 0.6 is 0 Å². The van der Waals surface area contributed by atoms with E-state index in [0.717, 1.165) is 18.3 Å². The number of benzene rings is 1. The van der Waals surface area contributed by atoms with Crippen LogP contribution in [0.4, 0.5) is 27.6 Å². The first-order chi connectivity index (χ1) is 11.6. The Morgan fingerprint density at radius 3 is 2.52 bits per heavy atom. The van der Waals surface area contributed by atoms with E-state index in [-0.39, 0.29) is 5.69 Å². The van der Waals surface area contributed by atoms with Gasteiger partial charge in [-0.15, -0.1) is 0 Å². The molecule has 0 saturated carbocycles. The molecule has 9 heteroatoms. The predicted molar refractivity (Wildman–Crippen MR) is 79.4 cm³/mol. The zero-order valence-corrected chi connectivity index (χ0v) is 13.1. The van der Waals surface area contributed by atoms with Crippen LogP contribution in [0, 0.1) is 18.6 Å². The van der Waals surface area contributed by atoms with Crippen LogP contribution in [0.2, 0.25) is 0 Å². The molecule has 1 amide bonds. The Bertz CT molecular complexity index is 793. The lowest BCUT2D eigenvalue weighted by Crippen LogP contribution is -2.32. The SMILES string of the molecule is Cc1ccc(F)c(NC(=O)c2c(F)ccnc2OC(C)C(F)(F)F)c1. The van der Waals surface area contributed by atoms with Gasteiger partial charge < -0.3 is 10.1 Å². The van der Waals surface area contributed by atoms with Crippen molar-refractivity contribution in [2.75, 3.05) is 5.32 Å². The molecular formula is C16H13F5N2O2. The van der Waals surface area contributed by atoms with Crippen LogP contribution in [0.3, 0.4) is 0 Å². The number of amides is 1. The molecule has 0 aliphatic heterocycles. The number of nitrogens with one attached hydrogen (secondary N) is 1. The minimum atomic E-state index is -4.73. The molecule has 1 aromatic carbocycles. The number of carbonyl (C=O) groups is 1. The Morgan fingerprint density at radius 1 is 1.20 bits per heavy atom. The fourth-order valence-corrected chi connectivity index (χ4v) is 1.87. The van der Waals surface area contributed by atoms with Crippen molar-refractivity contribution in [3.05, 3.63) is 53.2 Å². The standard InChI is InChI=1S/C16H13F5N2O2/c1-8-3-4-10(17)12(7-8)23-14(24)13-11(18)5-6-22-15(13)25-9(2)16(19,20)21/h3-7,9H,1-2H3,(H,23,24). The number of anilines is 1. The average molecular weight is 360 g/mol. The van der Waals surface area contributed by atoms with Crippen molar-refractivity contribution in [3.63, 3.8) is 0 Å². The molecule has 134 valence electrons. The highest BCUT2D eigenvalue weighted by Crippen LogP contribution is 2.27. The third-order valence-corrected chi connectivity index (χ3v) is 3.21. The van der Waals surface area contributed by atoms with Crippen molar-refractivity contribution in [1.82, 2.24) is 4.98 Å². The smallest absolute Gasteiger partial charge is 0.425 e. The Morgan fingerprint density at radius 2 is 1.88 bits per heavy atom. The minimum absolute atomic E-state index is 0.247. The summed E-state index contributed by atoms with van der Waals surface area (Å²) < 4.78 is 70.1. The number of carbonyl (C=O) groups excluding carboxylic acids is 1. The van der Waals surface area contributed by atoms with Crippen molar-refractivity contribution in [1.29, 1.82) is 0 Å². The summed E-state index contributed by atoms with van der Waals surface area (Å²) in [5.74, 6) is -3.95. The average Bonchev–Trinajstić information content (AvgIpc) is 2.50. The molecule has 0 radical (unpaired) electrons. The summed E-state index contributed by atoms with van der Waals surface area (Å²) in [7, 11) is 0. The second-order valence-electron chi connectivity index (χ2n) is 5.21. The largest absolute Gasteiger partial charge is 0.464 e. The highest BCUT2D eigenvalue weighted by Gasteiger charge is 2.39. The molecule has 2 rings (SSSR count). The molecular weight excluding hydrogens is 347 g/mol. The number of aromatic nitrogens is 1. The quantitative estimate of drug-likeness (QED) is 0.830. The second kappa shape index (κ2) is 7.04. The normalized spacial score (nSPS) is 12.6. The van der Waals surface area contributed by atoms with E-state index in [4.69, 9.17) is 0 Å². The second-order valence-corrected chi connectivity index (χ2v) is 5.21. The molecule has 1 N–H and O–H groups in total. The summed E-state index contributed by atoms with van der Waals surface area (Å²) in [5.41, 5.74) is -0.479. The Hall–Kier alpha value is -2.71. The highest BCUT2D eigenvalue weighted by atomic mass is 19.4. The van der Waals surface area contributed by atoms with Gasteiger partial charge in [0.1, 0.15) is 17.2 Å². The Labute approximate surface area is 139 Å². The zero-order chi connectivity index (χ0) is 18.8. The van der Waals surface area contributed by atoms with E-state index in [1.165, 1.54) is 12.1 Å². The van der Waals surface area contributed by atoms with Gasteiger partial charge in [-0.25, -0.2) is 13.8 Å². The fourth-order valence-electron chi connectivity index (χ4n) is 1.87. The first-order valence-electron chi connectivity index (χ1n) is 7.05. The van der Waals surface area contributed by atoms with E-state index in [1.807, 2.05) is 0 Å². The first kappa shape index (κ1) is 18.6. The summed E-state index contributed by atoms with van der Waals surface area (Å²) in [6, 6.07) is 4.62. The van der Waals surface area contributed by atoms with E-state index < -0.39 is 41.3 Å². The Balaban J connectivity index is 2.34. The maximum atomic E-state index is 14.0. The molecule has 1 heterocycles. The zero-order valence-electron chi connectivity index (χ0n) is 13.1. The summed E-state index contributed by atoms with van der Waals surface area (Å²) >= 11 is 0. The number of ether oxygens (including phenoxy) is 1. The third-order valence-electron chi connectivity index (χ3n) is 3.21. The van der Waals surface area contributed by atoms with Crippen LogP contribution < -0.4 is 10.1 Å².